The molecule has 0 unspecified atom stereocenters. The Morgan fingerprint density at radius 3 is 2.56 bits per heavy atom. The molecule has 0 saturated heterocycles. The second-order valence-electron chi connectivity index (χ2n) is 7.68. The molecule has 1 heterocycles. The van der Waals surface area contributed by atoms with Crippen molar-refractivity contribution in [2.75, 3.05) is 11.9 Å². The van der Waals surface area contributed by atoms with Gasteiger partial charge in [0, 0.05) is 22.2 Å². The predicted octanol–water partition coefficient (Wildman–Crippen LogP) is 5.74. The van der Waals surface area contributed by atoms with Gasteiger partial charge in [-0.3, -0.25) is 4.79 Å². The number of thiazole rings is 1. The number of anilines is 2. The van der Waals surface area contributed by atoms with E-state index >= 15 is 0 Å². The van der Waals surface area contributed by atoms with Crippen LogP contribution in [0, 0.1) is 6.92 Å². The van der Waals surface area contributed by atoms with E-state index in [1.165, 1.54) is 29.2 Å². The van der Waals surface area contributed by atoms with Crippen LogP contribution < -0.4 is 15.5 Å². The zero-order chi connectivity index (χ0) is 25.5. The van der Waals surface area contributed by atoms with E-state index in [2.05, 4.69) is 20.8 Å². The third kappa shape index (κ3) is 6.68. The van der Waals surface area contributed by atoms with Gasteiger partial charge in [-0.15, -0.1) is 11.3 Å². The number of hydrogen-bond donors (Lipinski definition) is 3. The highest BCUT2D eigenvalue weighted by Crippen LogP contribution is 2.28. The molecule has 4 rings (SSSR count). The zero-order valence-corrected chi connectivity index (χ0v) is 20.6. The van der Waals surface area contributed by atoms with Crippen LogP contribution in [0.1, 0.15) is 21.5 Å². The van der Waals surface area contributed by atoms with Crippen molar-refractivity contribution in [3.8, 4) is 17.0 Å². The minimum Gasteiger partial charge on any atom is -0.480 e. The number of carboxylic acid groups (broad SMARTS) is 1. The molecule has 1 amide bonds. The number of hydrazone groups is 1. The molecule has 3 aromatic carbocycles. The number of halogens is 1. The molecule has 0 aliphatic heterocycles. The third-order valence-electron chi connectivity index (χ3n) is 4.94. The fourth-order valence-corrected chi connectivity index (χ4v) is 4.08. The van der Waals surface area contributed by atoms with Gasteiger partial charge in [0.1, 0.15) is 5.75 Å². The van der Waals surface area contributed by atoms with Crippen LogP contribution in [0.2, 0.25) is 5.02 Å². The maximum Gasteiger partial charge on any atom is 0.341 e. The highest BCUT2D eigenvalue weighted by Gasteiger charge is 2.09. The van der Waals surface area contributed by atoms with Crippen LogP contribution in [0.3, 0.4) is 0 Å². The molecule has 0 aliphatic carbocycles. The molecule has 0 aliphatic rings. The second kappa shape index (κ2) is 11.5. The highest BCUT2D eigenvalue weighted by molar-refractivity contribution is 7.14. The number of aromatic nitrogens is 1. The molecule has 0 atom stereocenters. The van der Waals surface area contributed by atoms with E-state index in [9.17, 15) is 9.59 Å². The summed E-state index contributed by atoms with van der Waals surface area (Å²) in [6.07, 6.45) is 1.43. The van der Waals surface area contributed by atoms with E-state index in [1.807, 2.05) is 48.7 Å². The highest BCUT2D eigenvalue weighted by atomic mass is 35.5. The van der Waals surface area contributed by atoms with Crippen LogP contribution in [0.25, 0.3) is 11.3 Å². The van der Waals surface area contributed by atoms with Gasteiger partial charge < -0.3 is 15.2 Å². The number of benzene rings is 3. The summed E-state index contributed by atoms with van der Waals surface area (Å²) in [5.41, 5.74) is 7.39. The average Bonchev–Trinajstić information content (AvgIpc) is 3.33. The average molecular weight is 521 g/mol. The van der Waals surface area contributed by atoms with Crippen molar-refractivity contribution in [1.29, 1.82) is 0 Å². The molecule has 0 radical (unpaired) electrons. The van der Waals surface area contributed by atoms with Gasteiger partial charge in [0.25, 0.3) is 5.91 Å². The summed E-state index contributed by atoms with van der Waals surface area (Å²) in [5.74, 6) is -1.22. The minimum atomic E-state index is -1.10. The molecule has 0 saturated carbocycles. The number of hydrogen-bond acceptors (Lipinski definition) is 7. The molecule has 4 aromatic rings. The van der Waals surface area contributed by atoms with Crippen LogP contribution in [-0.2, 0) is 4.79 Å². The fraction of sp³-hybridized carbons (Fsp3) is 0.0769. The summed E-state index contributed by atoms with van der Waals surface area (Å²) < 4.78 is 5.07. The Hall–Kier alpha value is -4.21. The summed E-state index contributed by atoms with van der Waals surface area (Å²) >= 11 is 7.59. The number of amides is 1. The number of rotatable bonds is 9. The number of ether oxygens (including phenoxy) is 1. The van der Waals surface area contributed by atoms with Gasteiger partial charge in [-0.1, -0.05) is 41.4 Å². The first-order valence-electron chi connectivity index (χ1n) is 10.7. The van der Waals surface area contributed by atoms with Crippen LogP contribution in [0.15, 0.2) is 77.2 Å². The number of carboxylic acids is 1. The zero-order valence-electron chi connectivity index (χ0n) is 19.1. The van der Waals surface area contributed by atoms with Crippen molar-refractivity contribution in [1.82, 2.24) is 10.4 Å². The maximum atomic E-state index is 12.4. The van der Waals surface area contributed by atoms with Crippen LogP contribution in [0.4, 0.5) is 10.8 Å². The summed E-state index contributed by atoms with van der Waals surface area (Å²) in [4.78, 5) is 27.7. The lowest BCUT2D eigenvalue weighted by molar-refractivity contribution is -0.139. The Morgan fingerprint density at radius 2 is 1.86 bits per heavy atom. The first-order valence-corrected chi connectivity index (χ1v) is 12.0. The normalized spacial score (nSPS) is 10.8. The smallest absolute Gasteiger partial charge is 0.341 e. The number of nitrogens with zero attached hydrogens (tertiary/aromatic N) is 2. The van der Waals surface area contributed by atoms with Gasteiger partial charge in [0.15, 0.2) is 11.7 Å². The number of nitrogens with one attached hydrogen (secondary N) is 2. The second-order valence-corrected chi connectivity index (χ2v) is 8.94. The SMILES string of the molecule is Cc1ccc(Nc2nc(-c3ccc(C(=O)N/N=C\c4ccc(OCC(=O)O)c(Cl)c4)cc3)cs2)cc1. The minimum absolute atomic E-state index is 0.237. The number of carbonyl (C=O) groups is 2. The van der Waals surface area contributed by atoms with E-state index in [-0.39, 0.29) is 16.7 Å². The van der Waals surface area contributed by atoms with Gasteiger partial charge in [-0.25, -0.2) is 15.2 Å². The number of aliphatic carboxylic acids is 1. The summed E-state index contributed by atoms with van der Waals surface area (Å²) in [6.45, 7) is 1.55. The quantitative estimate of drug-likeness (QED) is 0.191. The Labute approximate surface area is 216 Å². The molecule has 0 spiro atoms. The molecule has 10 heteroatoms. The van der Waals surface area contributed by atoms with Gasteiger partial charge in [-0.2, -0.15) is 5.10 Å². The van der Waals surface area contributed by atoms with Gasteiger partial charge in [-0.05, 0) is 55.0 Å². The molecular weight excluding hydrogens is 500 g/mol. The first-order chi connectivity index (χ1) is 17.4. The standard InChI is InChI=1S/C26H21ClN4O4S/c1-16-2-9-20(10-3-16)29-26-30-22(15-36-26)18-5-7-19(8-6-18)25(34)31-28-13-17-4-11-23(21(27)12-17)35-14-24(32)33/h2-13,15H,14H2,1H3,(H,29,30)(H,31,34)(H,32,33)/b28-13-. The molecule has 8 nitrogen and oxygen atoms in total. The summed E-state index contributed by atoms with van der Waals surface area (Å²) in [6, 6.07) is 19.9. The van der Waals surface area contributed by atoms with E-state index in [1.54, 1.807) is 24.3 Å². The van der Waals surface area contributed by atoms with Gasteiger partial charge in [0.05, 0.1) is 16.9 Å². The molecule has 0 fully saturated rings. The molecule has 182 valence electrons. The van der Waals surface area contributed by atoms with Crippen molar-refractivity contribution in [2.45, 2.75) is 6.92 Å². The Morgan fingerprint density at radius 1 is 1.11 bits per heavy atom. The lowest BCUT2D eigenvalue weighted by atomic mass is 10.1. The number of aryl methyl sites for hydroxylation is 1. The summed E-state index contributed by atoms with van der Waals surface area (Å²) in [7, 11) is 0. The van der Waals surface area contributed by atoms with Gasteiger partial charge >= 0.3 is 5.97 Å². The van der Waals surface area contributed by atoms with Gasteiger partial charge in [0.2, 0.25) is 0 Å². The Bertz CT molecular complexity index is 1400. The molecule has 36 heavy (non-hydrogen) atoms. The molecule has 3 N–H and O–H groups in total. The summed E-state index contributed by atoms with van der Waals surface area (Å²) in [5, 5.41) is 18.9. The monoisotopic (exact) mass is 520 g/mol. The third-order valence-corrected chi connectivity index (χ3v) is 5.99. The van der Waals surface area contributed by atoms with E-state index in [4.69, 9.17) is 21.4 Å². The van der Waals surface area contributed by atoms with Crippen molar-refractivity contribution < 1.29 is 19.4 Å². The maximum absolute atomic E-state index is 12.4. The Balaban J connectivity index is 1.33. The van der Waals surface area contributed by atoms with E-state index < -0.39 is 12.6 Å². The van der Waals surface area contributed by atoms with Crippen molar-refractivity contribution in [3.63, 3.8) is 0 Å². The Kier molecular flexibility index (Phi) is 7.94. The van der Waals surface area contributed by atoms with Crippen LogP contribution >= 0.6 is 22.9 Å². The molecule has 0 bridgehead atoms. The lowest BCUT2D eigenvalue weighted by Crippen LogP contribution is -2.17. The predicted molar refractivity (Wildman–Crippen MR) is 142 cm³/mol. The topological polar surface area (TPSA) is 113 Å². The fourth-order valence-electron chi connectivity index (χ4n) is 3.10. The van der Waals surface area contributed by atoms with Crippen LogP contribution in [0.5, 0.6) is 5.75 Å². The molecule has 1 aromatic heterocycles. The lowest BCUT2D eigenvalue weighted by Gasteiger charge is -2.06. The van der Waals surface area contributed by atoms with E-state index in [0.717, 1.165) is 22.1 Å². The van der Waals surface area contributed by atoms with E-state index in [0.29, 0.717) is 11.1 Å². The largest absolute Gasteiger partial charge is 0.480 e. The first kappa shape index (κ1) is 24.9. The molecular formula is C26H21ClN4O4S. The van der Waals surface area contributed by atoms with Crippen molar-refractivity contribution >= 4 is 51.8 Å². The van der Waals surface area contributed by atoms with Crippen LogP contribution in [-0.4, -0.2) is 34.8 Å². The number of carbonyl (C=O) groups excluding carboxylic acids is 1. The van der Waals surface area contributed by atoms with Crippen molar-refractivity contribution in [3.05, 3.63) is 93.8 Å². The van der Waals surface area contributed by atoms with Crippen molar-refractivity contribution in [2.24, 2.45) is 5.10 Å².